The van der Waals surface area contributed by atoms with Crippen molar-refractivity contribution < 1.29 is 28.6 Å². The second-order valence-electron chi connectivity index (χ2n) is 22.0. The van der Waals surface area contributed by atoms with Crippen LogP contribution in [-0.4, -0.2) is 37.2 Å². The summed E-state index contributed by atoms with van der Waals surface area (Å²) in [5, 5.41) is 0. The SMILES string of the molecule is CC/C=C\C/C=C\C/C=C\CCCCCC(=O)OCC(COC(=O)CCCCCCCCCCCCCCCCCCCCCCCCCCCCCC)OC(=O)CCCCCCCCCCCCCCCC. The minimum Gasteiger partial charge on any atom is -0.462 e. The quantitative estimate of drug-likeness (QED) is 0.0261. The highest BCUT2D eigenvalue weighted by Gasteiger charge is 2.19. The van der Waals surface area contributed by atoms with E-state index in [1.54, 1.807) is 0 Å². The van der Waals surface area contributed by atoms with Gasteiger partial charge in [0.2, 0.25) is 0 Å². The summed E-state index contributed by atoms with van der Waals surface area (Å²) < 4.78 is 16.9. The van der Waals surface area contributed by atoms with Crippen molar-refractivity contribution in [2.24, 2.45) is 0 Å². The van der Waals surface area contributed by atoms with Crippen molar-refractivity contribution >= 4 is 17.9 Å². The Labute approximate surface area is 455 Å². The molecule has 0 N–H and O–H groups in total. The van der Waals surface area contributed by atoms with Crippen LogP contribution in [0.25, 0.3) is 0 Å². The summed E-state index contributed by atoms with van der Waals surface area (Å²) in [4.78, 5) is 38.2. The summed E-state index contributed by atoms with van der Waals surface area (Å²) in [6.45, 7) is 6.56. The Morgan fingerprint density at radius 3 is 0.836 bits per heavy atom. The number of unbranched alkanes of at least 4 members (excludes halogenated alkanes) is 43. The van der Waals surface area contributed by atoms with E-state index in [2.05, 4.69) is 57.2 Å². The average molecular weight is 1030 g/mol. The Hall–Kier alpha value is -2.37. The lowest BCUT2D eigenvalue weighted by Gasteiger charge is -2.18. The Bertz CT molecular complexity index is 1220. The fraction of sp³-hybridized carbons (Fsp3) is 0.866. The molecule has 0 saturated heterocycles. The van der Waals surface area contributed by atoms with Gasteiger partial charge in [-0.3, -0.25) is 14.4 Å². The van der Waals surface area contributed by atoms with E-state index in [-0.39, 0.29) is 31.1 Å². The van der Waals surface area contributed by atoms with Gasteiger partial charge in [-0.1, -0.05) is 320 Å². The summed E-state index contributed by atoms with van der Waals surface area (Å²) in [5.41, 5.74) is 0. The highest BCUT2D eigenvalue weighted by atomic mass is 16.6. The van der Waals surface area contributed by atoms with Gasteiger partial charge < -0.3 is 14.2 Å². The van der Waals surface area contributed by atoms with Crippen LogP contribution in [0, 0.1) is 0 Å². The molecule has 1 atom stereocenters. The van der Waals surface area contributed by atoms with Gasteiger partial charge in [0.1, 0.15) is 13.2 Å². The first-order valence-corrected chi connectivity index (χ1v) is 32.5. The van der Waals surface area contributed by atoms with E-state index in [1.807, 2.05) is 0 Å². The molecular weight excluding hydrogens is 901 g/mol. The summed E-state index contributed by atoms with van der Waals surface area (Å²) in [5.74, 6) is -0.884. The molecule has 0 heterocycles. The lowest BCUT2D eigenvalue weighted by molar-refractivity contribution is -0.167. The number of hydrogen-bond donors (Lipinski definition) is 0. The predicted molar refractivity (Wildman–Crippen MR) is 316 cm³/mol. The van der Waals surface area contributed by atoms with Crippen molar-refractivity contribution in [1.82, 2.24) is 0 Å². The molecule has 0 radical (unpaired) electrons. The van der Waals surface area contributed by atoms with Crippen LogP contribution >= 0.6 is 0 Å². The largest absolute Gasteiger partial charge is 0.462 e. The maximum atomic E-state index is 12.9. The smallest absolute Gasteiger partial charge is 0.306 e. The second-order valence-corrected chi connectivity index (χ2v) is 22.0. The number of hydrogen-bond acceptors (Lipinski definition) is 6. The van der Waals surface area contributed by atoms with E-state index < -0.39 is 6.10 Å². The van der Waals surface area contributed by atoms with Gasteiger partial charge in [0.15, 0.2) is 6.10 Å². The van der Waals surface area contributed by atoms with Crippen molar-refractivity contribution in [3.8, 4) is 0 Å². The molecule has 0 spiro atoms. The molecule has 0 amide bonds. The number of carbonyl (C=O) groups excluding carboxylic acids is 3. The number of ether oxygens (including phenoxy) is 3. The zero-order valence-corrected chi connectivity index (χ0v) is 49.2. The Kier molecular flexibility index (Phi) is 60.2. The van der Waals surface area contributed by atoms with Crippen LogP contribution in [0.3, 0.4) is 0 Å². The minimum atomic E-state index is -0.780. The molecule has 0 aliphatic carbocycles. The molecule has 0 aliphatic heterocycles. The lowest BCUT2D eigenvalue weighted by atomic mass is 10.0. The molecule has 73 heavy (non-hydrogen) atoms. The topological polar surface area (TPSA) is 78.9 Å². The van der Waals surface area contributed by atoms with Crippen LogP contribution in [0.1, 0.15) is 355 Å². The molecule has 0 aromatic rings. The van der Waals surface area contributed by atoms with Crippen LogP contribution in [0.4, 0.5) is 0 Å². The minimum absolute atomic E-state index is 0.0763. The number of rotatable bonds is 60. The van der Waals surface area contributed by atoms with E-state index in [0.717, 1.165) is 83.5 Å². The van der Waals surface area contributed by atoms with Crippen molar-refractivity contribution in [2.45, 2.75) is 361 Å². The molecule has 0 saturated carbocycles. The third kappa shape index (κ3) is 60.4. The van der Waals surface area contributed by atoms with Crippen LogP contribution in [0.2, 0.25) is 0 Å². The third-order valence-corrected chi connectivity index (χ3v) is 14.7. The van der Waals surface area contributed by atoms with Gasteiger partial charge in [-0.05, 0) is 51.4 Å². The molecular formula is C67H124O6. The Morgan fingerprint density at radius 1 is 0.288 bits per heavy atom. The highest BCUT2D eigenvalue weighted by Crippen LogP contribution is 2.18. The first-order valence-electron chi connectivity index (χ1n) is 32.5. The van der Waals surface area contributed by atoms with E-state index in [4.69, 9.17) is 14.2 Å². The normalized spacial score (nSPS) is 12.2. The Balaban J connectivity index is 4.15. The van der Waals surface area contributed by atoms with Gasteiger partial charge in [0.05, 0.1) is 0 Å². The van der Waals surface area contributed by atoms with Gasteiger partial charge in [-0.2, -0.15) is 0 Å². The zero-order chi connectivity index (χ0) is 52.9. The zero-order valence-electron chi connectivity index (χ0n) is 49.2. The standard InChI is InChI=1S/C67H124O6/c1-4-7-10-13-16-19-22-25-27-28-29-30-31-32-33-34-35-36-37-38-39-40-43-45-48-51-54-57-60-66(69)72-63-64(62-71-65(68)59-56-53-50-47-44-41-24-21-18-15-12-9-6-3)73-67(70)61-58-55-52-49-46-42-26-23-20-17-14-11-8-5-2/h9,12,18,21,41,44,64H,4-8,10-11,13-17,19-20,22-40,42-43,45-63H2,1-3H3/b12-9-,21-18-,44-41-. The molecule has 1 unspecified atom stereocenters. The van der Waals surface area contributed by atoms with E-state index in [1.165, 1.54) is 231 Å². The monoisotopic (exact) mass is 1020 g/mol. The van der Waals surface area contributed by atoms with Crippen molar-refractivity contribution in [2.75, 3.05) is 13.2 Å². The van der Waals surface area contributed by atoms with Gasteiger partial charge in [0, 0.05) is 19.3 Å². The van der Waals surface area contributed by atoms with Crippen LogP contribution in [0.15, 0.2) is 36.5 Å². The van der Waals surface area contributed by atoms with Crippen LogP contribution < -0.4 is 0 Å². The fourth-order valence-corrected chi connectivity index (χ4v) is 9.81. The number of allylic oxidation sites excluding steroid dienone is 6. The molecule has 0 bridgehead atoms. The molecule has 0 rings (SSSR count). The molecule has 0 aromatic carbocycles. The summed E-state index contributed by atoms with van der Waals surface area (Å²) in [6, 6.07) is 0. The van der Waals surface area contributed by atoms with E-state index >= 15 is 0 Å². The van der Waals surface area contributed by atoms with Gasteiger partial charge in [0.25, 0.3) is 0 Å². The predicted octanol–water partition coefficient (Wildman–Crippen LogP) is 22.0. The van der Waals surface area contributed by atoms with Gasteiger partial charge in [-0.15, -0.1) is 0 Å². The average Bonchev–Trinajstić information content (AvgIpc) is 3.39. The van der Waals surface area contributed by atoms with Crippen molar-refractivity contribution in [3.05, 3.63) is 36.5 Å². The molecule has 0 aliphatic rings. The number of carbonyl (C=O) groups is 3. The van der Waals surface area contributed by atoms with Gasteiger partial charge in [-0.25, -0.2) is 0 Å². The lowest BCUT2D eigenvalue weighted by Crippen LogP contribution is -2.30. The second kappa shape index (κ2) is 62.2. The number of esters is 3. The molecule has 0 aromatic heterocycles. The van der Waals surface area contributed by atoms with Crippen molar-refractivity contribution in [1.29, 1.82) is 0 Å². The highest BCUT2D eigenvalue weighted by molar-refractivity contribution is 5.71. The molecule has 0 fully saturated rings. The van der Waals surface area contributed by atoms with Crippen molar-refractivity contribution in [3.63, 3.8) is 0 Å². The van der Waals surface area contributed by atoms with Crippen LogP contribution in [0.5, 0.6) is 0 Å². The molecule has 6 nitrogen and oxygen atoms in total. The summed E-state index contributed by atoms with van der Waals surface area (Å²) >= 11 is 0. The third-order valence-electron chi connectivity index (χ3n) is 14.7. The first-order chi connectivity index (χ1) is 36.0. The molecule has 6 heteroatoms. The van der Waals surface area contributed by atoms with E-state index in [9.17, 15) is 14.4 Å². The van der Waals surface area contributed by atoms with E-state index in [0.29, 0.717) is 19.3 Å². The van der Waals surface area contributed by atoms with Crippen LogP contribution in [-0.2, 0) is 28.6 Å². The maximum absolute atomic E-state index is 12.9. The first kappa shape index (κ1) is 70.6. The molecule has 428 valence electrons. The van der Waals surface area contributed by atoms with Gasteiger partial charge >= 0.3 is 17.9 Å². The fourth-order valence-electron chi connectivity index (χ4n) is 9.81. The Morgan fingerprint density at radius 2 is 0.534 bits per heavy atom. The summed E-state index contributed by atoms with van der Waals surface area (Å²) in [6.07, 6.45) is 76.1. The summed E-state index contributed by atoms with van der Waals surface area (Å²) in [7, 11) is 0. The maximum Gasteiger partial charge on any atom is 0.306 e.